The second-order valence-electron chi connectivity index (χ2n) is 6.80. The van der Waals surface area contributed by atoms with Crippen molar-refractivity contribution in [3.8, 4) is 0 Å². The highest BCUT2D eigenvalue weighted by Gasteiger charge is 2.32. The number of aryl methyl sites for hydroxylation is 1. The van der Waals surface area contributed by atoms with Gasteiger partial charge in [0, 0.05) is 17.8 Å². The second kappa shape index (κ2) is 5.65. The van der Waals surface area contributed by atoms with E-state index in [0.717, 1.165) is 55.8 Å². The third-order valence-electron chi connectivity index (χ3n) is 5.32. The summed E-state index contributed by atoms with van der Waals surface area (Å²) in [7, 11) is 0. The van der Waals surface area contributed by atoms with Crippen LogP contribution in [0.5, 0.6) is 0 Å². The standard InChI is InChI=1S/C19H19N5O/c25-19-13-5-1-2-7-15(13)22-17(23-19)16-9-4-10-24(16)18-12-6-3-8-14(12)20-11-21-18/h1-2,5,7,11,16H,3-4,6,8-10H2,(H,22,23,25). The van der Waals surface area contributed by atoms with E-state index in [9.17, 15) is 4.79 Å². The predicted molar refractivity (Wildman–Crippen MR) is 95.7 cm³/mol. The minimum absolute atomic E-state index is 0.0666. The average molecular weight is 333 g/mol. The molecule has 2 aliphatic rings. The summed E-state index contributed by atoms with van der Waals surface area (Å²) in [6, 6.07) is 7.56. The van der Waals surface area contributed by atoms with Crippen LogP contribution in [0.25, 0.3) is 10.9 Å². The Hall–Kier alpha value is -2.76. The first-order valence-electron chi connectivity index (χ1n) is 8.89. The summed E-state index contributed by atoms with van der Waals surface area (Å²) in [5, 5.41) is 0.638. The van der Waals surface area contributed by atoms with Crippen LogP contribution in [-0.2, 0) is 12.8 Å². The number of fused-ring (bicyclic) bond motifs is 2. The molecule has 1 unspecified atom stereocenters. The smallest absolute Gasteiger partial charge is 0.258 e. The van der Waals surface area contributed by atoms with Crippen molar-refractivity contribution in [3.63, 3.8) is 0 Å². The van der Waals surface area contributed by atoms with Crippen molar-refractivity contribution in [3.05, 3.63) is 58.0 Å². The van der Waals surface area contributed by atoms with Gasteiger partial charge in [0.05, 0.1) is 16.9 Å². The van der Waals surface area contributed by atoms with Crippen molar-refractivity contribution >= 4 is 16.7 Å². The lowest BCUT2D eigenvalue weighted by atomic mass is 10.1. The highest BCUT2D eigenvalue weighted by atomic mass is 16.1. The molecular formula is C19H19N5O. The first-order valence-corrected chi connectivity index (χ1v) is 8.89. The third kappa shape index (κ3) is 2.32. The van der Waals surface area contributed by atoms with Gasteiger partial charge in [0.15, 0.2) is 0 Å². The summed E-state index contributed by atoms with van der Waals surface area (Å²) in [5.41, 5.74) is 3.13. The van der Waals surface area contributed by atoms with Crippen molar-refractivity contribution in [1.82, 2.24) is 19.9 Å². The topological polar surface area (TPSA) is 74.8 Å². The van der Waals surface area contributed by atoms with Crippen LogP contribution in [0.2, 0.25) is 0 Å². The molecule has 1 aliphatic heterocycles. The van der Waals surface area contributed by atoms with Crippen LogP contribution in [0.3, 0.4) is 0 Å². The van der Waals surface area contributed by atoms with E-state index in [1.54, 1.807) is 6.33 Å². The van der Waals surface area contributed by atoms with E-state index in [4.69, 9.17) is 4.98 Å². The van der Waals surface area contributed by atoms with E-state index in [1.807, 2.05) is 24.3 Å². The lowest BCUT2D eigenvalue weighted by Gasteiger charge is -2.26. The number of H-pyrrole nitrogens is 1. The van der Waals surface area contributed by atoms with Crippen molar-refractivity contribution in [2.75, 3.05) is 11.4 Å². The fraction of sp³-hybridized carbons (Fsp3) is 0.368. The molecule has 0 amide bonds. The Morgan fingerprint density at radius 2 is 2.04 bits per heavy atom. The van der Waals surface area contributed by atoms with Gasteiger partial charge in [-0.1, -0.05) is 12.1 Å². The van der Waals surface area contributed by atoms with Gasteiger partial charge >= 0.3 is 0 Å². The fourth-order valence-corrected chi connectivity index (χ4v) is 4.16. The van der Waals surface area contributed by atoms with E-state index >= 15 is 0 Å². The molecule has 0 spiro atoms. The summed E-state index contributed by atoms with van der Waals surface area (Å²) in [4.78, 5) is 31.5. The van der Waals surface area contributed by atoms with Crippen LogP contribution < -0.4 is 10.5 Å². The number of hydrogen-bond donors (Lipinski definition) is 1. The largest absolute Gasteiger partial charge is 0.346 e. The van der Waals surface area contributed by atoms with Gasteiger partial charge in [-0.15, -0.1) is 0 Å². The molecule has 3 heterocycles. The molecule has 126 valence electrons. The zero-order chi connectivity index (χ0) is 16.8. The normalized spacial score (nSPS) is 19.5. The molecule has 1 saturated heterocycles. The minimum Gasteiger partial charge on any atom is -0.346 e. The molecule has 1 aromatic carbocycles. The summed E-state index contributed by atoms with van der Waals surface area (Å²) >= 11 is 0. The Kier molecular flexibility index (Phi) is 3.29. The zero-order valence-corrected chi connectivity index (χ0v) is 13.9. The van der Waals surface area contributed by atoms with E-state index in [0.29, 0.717) is 5.39 Å². The molecule has 1 fully saturated rings. The number of aromatic amines is 1. The van der Waals surface area contributed by atoms with Crippen LogP contribution in [0.1, 0.15) is 42.4 Å². The van der Waals surface area contributed by atoms with Gasteiger partial charge in [-0.3, -0.25) is 4.79 Å². The Morgan fingerprint density at radius 1 is 1.12 bits per heavy atom. The lowest BCUT2D eigenvalue weighted by Crippen LogP contribution is -2.28. The number of hydrogen-bond acceptors (Lipinski definition) is 5. The maximum Gasteiger partial charge on any atom is 0.258 e. The summed E-state index contributed by atoms with van der Waals surface area (Å²) < 4.78 is 0. The molecule has 0 saturated carbocycles. The fourth-order valence-electron chi connectivity index (χ4n) is 4.16. The van der Waals surface area contributed by atoms with Crippen molar-refractivity contribution < 1.29 is 0 Å². The van der Waals surface area contributed by atoms with Gasteiger partial charge in [-0.25, -0.2) is 15.0 Å². The maximum absolute atomic E-state index is 12.4. The molecule has 1 atom stereocenters. The molecule has 6 heteroatoms. The van der Waals surface area contributed by atoms with Gasteiger partial charge in [0.2, 0.25) is 0 Å². The van der Waals surface area contributed by atoms with Crippen LogP contribution in [0, 0.1) is 0 Å². The highest BCUT2D eigenvalue weighted by molar-refractivity contribution is 5.77. The molecule has 6 nitrogen and oxygen atoms in total. The van der Waals surface area contributed by atoms with Crippen molar-refractivity contribution in [2.45, 2.75) is 38.1 Å². The number of benzene rings is 1. The summed E-state index contributed by atoms with van der Waals surface area (Å²) in [5.74, 6) is 1.77. The van der Waals surface area contributed by atoms with Gasteiger partial charge < -0.3 is 9.88 Å². The highest BCUT2D eigenvalue weighted by Crippen LogP contribution is 2.37. The van der Waals surface area contributed by atoms with Gasteiger partial charge in [0.1, 0.15) is 18.0 Å². The number of nitrogens with one attached hydrogen (secondary N) is 1. The molecule has 3 aromatic rings. The van der Waals surface area contributed by atoms with Crippen LogP contribution in [-0.4, -0.2) is 26.5 Å². The van der Waals surface area contributed by atoms with Crippen molar-refractivity contribution in [1.29, 1.82) is 0 Å². The molecule has 5 rings (SSSR count). The van der Waals surface area contributed by atoms with Crippen LogP contribution in [0.15, 0.2) is 35.4 Å². The van der Waals surface area contributed by atoms with Gasteiger partial charge in [0.25, 0.3) is 5.56 Å². The Balaban J connectivity index is 1.60. The third-order valence-corrected chi connectivity index (χ3v) is 5.32. The molecule has 0 radical (unpaired) electrons. The number of rotatable bonds is 2. The second-order valence-corrected chi connectivity index (χ2v) is 6.80. The van der Waals surface area contributed by atoms with Crippen LogP contribution in [0.4, 0.5) is 5.82 Å². The molecule has 0 bridgehead atoms. The SMILES string of the molecule is O=c1[nH]c(C2CCCN2c2ncnc3c2CCC3)nc2ccccc12. The lowest BCUT2D eigenvalue weighted by molar-refractivity contribution is 0.658. The molecule has 2 aromatic heterocycles. The van der Waals surface area contributed by atoms with Gasteiger partial charge in [-0.2, -0.15) is 0 Å². The van der Waals surface area contributed by atoms with E-state index < -0.39 is 0 Å². The Bertz CT molecular complexity index is 1010. The molecule has 25 heavy (non-hydrogen) atoms. The predicted octanol–water partition coefficient (Wildman–Crippen LogP) is 2.54. The Morgan fingerprint density at radius 3 is 3.00 bits per heavy atom. The molecule has 1 aliphatic carbocycles. The Labute approximate surface area is 145 Å². The van der Waals surface area contributed by atoms with E-state index in [-0.39, 0.29) is 11.6 Å². The quantitative estimate of drug-likeness (QED) is 0.780. The molecule has 1 N–H and O–H groups in total. The number of para-hydroxylation sites is 1. The number of nitrogens with zero attached hydrogens (tertiary/aromatic N) is 4. The van der Waals surface area contributed by atoms with E-state index in [1.165, 1.54) is 11.3 Å². The maximum atomic E-state index is 12.4. The average Bonchev–Trinajstić information content (AvgIpc) is 3.30. The van der Waals surface area contributed by atoms with Crippen LogP contribution >= 0.6 is 0 Å². The van der Waals surface area contributed by atoms with Crippen molar-refractivity contribution in [2.24, 2.45) is 0 Å². The van der Waals surface area contributed by atoms with Gasteiger partial charge in [-0.05, 0) is 44.2 Å². The number of aromatic nitrogens is 4. The zero-order valence-electron chi connectivity index (χ0n) is 13.9. The van der Waals surface area contributed by atoms with E-state index in [2.05, 4.69) is 19.9 Å². The first kappa shape index (κ1) is 14.6. The monoisotopic (exact) mass is 333 g/mol. The number of anilines is 1. The molecular weight excluding hydrogens is 314 g/mol. The first-order chi connectivity index (χ1) is 12.3. The summed E-state index contributed by atoms with van der Waals surface area (Å²) in [6.45, 7) is 0.935. The summed E-state index contributed by atoms with van der Waals surface area (Å²) in [6.07, 6.45) is 6.93. The minimum atomic E-state index is -0.0691.